The molecule has 0 atom stereocenters. The molecule has 0 spiro atoms. The third-order valence-corrected chi connectivity index (χ3v) is 6.45. The number of unbranched alkanes of at least 4 members (excludes halogenated alkanes) is 4. The fraction of sp³-hybridized carbons (Fsp3) is 1.00. The van der Waals surface area contributed by atoms with E-state index in [2.05, 4.69) is 3.07 Å². The van der Waals surface area contributed by atoms with E-state index < -0.39 is 49.2 Å². The Morgan fingerprint density at radius 2 is 1.48 bits per heavy atom. The molecule has 0 aromatic carbocycles. The van der Waals surface area contributed by atoms with Crippen molar-refractivity contribution in [2.75, 3.05) is 13.3 Å². The first-order chi connectivity index (χ1) is 9.54. The predicted molar refractivity (Wildman–Crippen MR) is 62.0 cm³/mol. The molecule has 0 aromatic rings. The normalized spacial score (nSPS) is 13.5. The molecule has 10 heteroatoms. The molecule has 0 aliphatic carbocycles. The molecule has 21 heavy (non-hydrogen) atoms. The summed E-state index contributed by atoms with van der Waals surface area (Å²) in [6.45, 7) is -1.49. The van der Waals surface area contributed by atoms with Crippen molar-refractivity contribution in [3.63, 3.8) is 0 Å². The van der Waals surface area contributed by atoms with Crippen molar-refractivity contribution in [2.24, 2.45) is 0 Å². The van der Waals surface area contributed by atoms with E-state index in [-0.39, 0.29) is 6.42 Å². The van der Waals surface area contributed by atoms with Crippen LogP contribution in [0.5, 0.6) is 0 Å². The quantitative estimate of drug-likeness (QED) is 0.276. The van der Waals surface area contributed by atoms with Crippen LogP contribution in [0.3, 0.4) is 0 Å². The second kappa shape index (κ2) is 8.64. The first kappa shape index (κ1) is 21.1. The molecule has 0 saturated carbocycles. The van der Waals surface area contributed by atoms with E-state index >= 15 is 0 Å². The Morgan fingerprint density at radius 1 is 0.952 bits per heavy atom. The molecule has 2 nitrogen and oxygen atoms in total. The summed E-state index contributed by atoms with van der Waals surface area (Å²) < 4.78 is 98.9. The molecular weight excluding hydrogens is 416 g/mol. The molecule has 0 N–H and O–H groups in total. The van der Waals surface area contributed by atoms with Crippen LogP contribution < -0.4 is 0 Å². The molecule has 126 valence electrons. The summed E-state index contributed by atoms with van der Waals surface area (Å²) in [7, 11) is 0. The molecule has 0 fully saturated rings. The summed E-state index contributed by atoms with van der Waals surface area (Å²) in [4.78, 5) is 0. The van der Waals surface area contributed by atoms with Gasteiger partial charge in [-0.15, -0.1) is 0 Å². The van der Waals surface area contributed by atoms with Crippen LogP contribution in [0.2, 0.25) is 0 Å². The maximum absolute atomic E-state index is 13.2. The molecular formula is C11H17F7O2Sn. The van der Waals surface area contributed by atoms with Gasteiger partial charge in [0.2, 0.25) is 0 Å². The van der Waals surface area contributed by atoms with Crippen LogP contribution in [-0.2, 0) is 6.15 Å². The van der Waals surface area contributed by atoms with Crippen molar-refractivity contribution in [1.82, 2.24) is 0 Å². The molecule has 0 radical (unpaired) electrons. The molecule has 0 bridgehead atoms. The van der Waals surface area contributed by atoms with Crippen LogP contribution in [0.4, 0.5) is 30.7 Å². The maximum atomic E-state index is 13.2. The van der Waals surface area contributed by atoms with Gasteiger partial charge in [0.25, 0.3) is 0 Å². The summed E-state index contributed by atoms with van der Waals surface area (Å²) in [6.07, 6.45) is 3.36. The van der Waals surface area contributed by atoms with Crippen LogP contribution in [0.15, 0.2) is 0 Å². The molecule has 0 unspecified atom stereocenters. The third kappa shape index (κ3) is 5.33. The summed E-state index contributed by atoms with van der Waals surface area (Å²) in [5.41, 5.74) is 0. The van der Waals surface area contributed by atoms with E-state index in [0.29, 0.717) is 6.42 Å². The van der Waals surface area contributed by atoms with Gasteiger partial charge in [-0.05, 0) is 0 Å². The first-order valence-electron chi connectivity index (χ1n) is 6.41. The minimum atomic E-state index is -6.03. The number of hydrogen-bond donors (Lipinski definition) is 0. The van der Waals surface area contributed by atoms with Crippen molar-refractivity contribution < 1.29 is 36.9 Å². The van der Waals surface area contributed by atoms with Crippen LogP contribution in [0.25, 0.3) is 0 Å². The molecule has 0 amide bonds. The fourth-order valence-corrected chi connectivity index (χ4v) is 4.12. The zero-order chi connectivity index (χ0) is 16.7. The second-order valence-corrected chi connectivity index (χ2v) is 8.79. The van der Waals surface area contributed by atoms with Gasteiger partial charge in [0.05, 0.1) is 0 Å². The van der Waals surface area contributed by atoms with Crippen LogP contribution in [-0.4, -0.2) is 49.2 Å². The van der Waals surface area contributed by atoms with Gasteiger partial charge < -0.3 is 0 Å². The average Bonchev–Trinajstić information content (AvgIpc) is 2.41. The van der Waals surface area contributed by atoms with Crippen LogP contribution in [0.1, 0.15) is 39.0 Å². The summed E-state index contributed by atoms with van der Waals surface area (Å²) in [6, 6.07) is 0. The Balaban J connectivity index is 4.52. The van der Waals surface area contributed by atoms with Crippen molar-refractivity contribution in [2.45, 2.75) is 54.8 Å². The van der Waals surface area contributed by atoms with Crippen molar-refractivity contribution >= 4 is 20.2 Å². The molecule has 0 aromatic heterocycles. The van der Waals surface area contributed by atoms with Crippen molar-refractivity contribution in [1.29, 1.82) is 0 Å². The second-order valence-electron chi connectivity index (χ2n) is 4.54. The number of rotatable bonds is 11. The Hall–Kier alpha value is 0.0687. The van der Waals surface area contributed by atoms with Gasteiger partial charge in [-0.2, -0.15) is 0 Å². The monoisotopic (exact) mass is 434 g/mol. The van der Waals surface area contributed by atoms with E-state index in [1.807, 2.05) is 6.92 Å². The minimum absolute atomic E-state index is 0.216. The summed E-state index contributed by atoms with van der Waals surface area (Å²) in [5.74, 6) is -11.6. The van der Waals surface area contributed by atoms with Gasteiger partial charge in [-0.1, -0.05) is 0 Å². The van der Waals surface area contributed by atoms with Crippen molar-refractivity contribution in [3.05, 3.63) is 0 Å². The Bertz CT molecular complexity index is 337. The van der Waals surface area contributed by atoms with Gasteiger partial charge in [-0.3, -0.25) is 0 Å². The van der Waals surface area contributed by atoms with Gasteiger partial charge in [0.1, 0.15) is 0 Å². The summed E-state index contributed by atoms with van der Waals surface area (Å²) >= 11 is -5.81. The zero-order valence-electron chi connectivity index (χ0n) is 11.4. The number of hydrogen-bond acceptors (Lipinski definition) is 2. The number of alkyl halides is 7. The first-order valence-corrected chi connectivity index (χ1v) is 10.2. The molecule has 0 saturated heterocycles. The molecule has 0 heterocycles. The van der Waals surface area contributed by atoms with Crippen molar-refractivity contribution in [3.8, 4) is 0 Å². The zero-order valence-corrected chi connectivity index (χ0v) is 14.3. The molecule has 0 aliphatic rings. The van der Waals surface area contributed by atoms with Gasteiger partial charge >= 0.3 is 125 Å². The van der Waals surface area contributed by atoms with Gasteiger partial charge in [0.15, 0.2) is 0 Å². The van der Waals surface area contributed by atoms with E-state index in [0.717, 1.165) is 19.3 Å². The van der Waals surface area contributed by atoms with Gasteiger partial charge in [0, 0.05) is 0 Å². The SMILES string of the molecule is CCCCCCC[O][Sn](=[O])[C](F)(F)C(F)(F)C(F)(F)CF. The third-order valence-electron chi connectivity index (χ3n) is 2.76. The van der Waals surface area contributed by atoms with Gasteiger partial charge in [-0.25, -0.2) is 0 Å². The molecule has 0 aliphatic heterocycles. The number of halogens is 7. The topological polar surface area (TPSA) is 26.3 Å². The Kier molecular flexibility index (Phi) is 8.66. The Morgan fingerprint density at radius 3 is 1.95 bits per heavy atom. The average molecular weight is 433 g/mol. The standard InChI is InChI=1S/C7H15O.C4H2F7.O.Sn/c1-2-3-4-5-6-7-8;5-1-3(8,9)4(10,11)2(6)7;;/h2-7H2,1H3;1H2;;/q-1;;;+1. The predicted octanol–water partition coefficient (Wildman–Crippen LogP) is 4.31. The van der Waals surface area contributed by atoms with E-state index in [4.69, 9.17) is 0 Å². The molecule has 0 rings (SSSR count). The summed E-state index contributed by atoms with van der Waals surface area (Å²) in [5, 5.41) is 0. The van der Waals surface area contributed by atoms with E-state index in [1.54, 1.807) is 0 Å². The van der Waals surface area contributed by atoms with Crippen LogP contribution in [0, 0.1) is 0 Å². The fourth-order valence-electron chi connectivity index (χ4n) is 1.40. The van der Waals surface area contributed by atoms with E-state index in [9.17, 15) is 33.8 Å². The van der Waals surface area contributed by atoms with Crippen LogP contribution >= 0.6 is 0 Å². The Labute approximate surface area is 125 Å². The van der Waals surface area contributed by atoms with E-state index in [1.165, 1.54) is 0 Å².